The van der Waals surface area contributed by atoms with Crippen LogP contribution in [0, 0.1) is 0 Å². The minimum atomic E-state index is 0.509. The van der Waals surface area contributed by atoms with Crippen molar-refractivity contribution in [3.63, 3.8) is 0 Å². The summed E-state index contributed by atoms with van der Waals surface area (Å²) in [5.74, 6) is 2.10. The molecule has 1 aromatic heterocycles. The Kier molecular flexibility index (Phi) is 2.81. The standard InChI is InChI=1S/C14H17N3O2/c1-18-11-7-10(15)9-5-6-16-14(17-8-3-4-8)12(9)13(11)19-2/h5-8H,3-4,15H2,1-2H3,(H,16,17). The van der Waals surface area contributed by atoms with E-state index in [4.69, 9.17) is 15.2 Å². The zero-order valence-electron chi connectivity index (χ0n) is 11.1. The first-order valence-corrected chi connectivity index (χ1v) is 6.30. The Morgan fingerprint density at radius 1 is 1.32 bits per heavy atom. The van der Waals surface area contributed by atoms with E-state index in [9.17, 15) is 0 Å². The van der Waals surface area contributed by atoms with E-state index in [0.29, 0.717) is 23.2 Å². The summed E-state index contributed by atoms with van der Waals surface area (Å²) in [4.78, 5) is 4.41. The highest BCUT2D eigenvalue weighted by atomic mass is 16.5. The lowest BCUT2D eigenvalue weighted by Crippen LogP contribution is -2.05. The lowest BCUT2D eigenvalue weighted by Gasteiger charge is -2.15. The number of nitrogens with two attached hydrogens (primary N) is 1. The van der Waals surface area contributed by atoms with Crippen molar-refractivity contribution in [2.24, 2.45) is 0 Å². The van der Waals surface area contributed by atoms with E-state index in [1.165, 1.54) is 12.8 Å². The molecule has 1 saturated carbocycles. The van der Waals surface area contributed by atoms with Crippen LogP contribution in [0.4, 0.5) is 11.5 Å². The van der Waals surface area contributed by atoms with Crippen LogP contribution in [0.1, 0.15) is 12.8 Å². The molecular weight excluding hydrogens is 242 g/mol. The molecule has 3 N–H and O–H groups in total. The Labute approximate surface area is 111 Å². The van der Waals surface area contributed by atoms with Gasteiger partial charge in [-0.15, -0.1) is 0 Å². The second-order valence-corrected chi connectivity index (χ2v) is 4.70. The van der Waals surface area contributed by atoms with Crippen molar-refractivity contribution in [1.29, 1.82) is 0 Å². The van der Waals surface area contributed by atoms with Gasteiger partial charge in [0.15, 0.2) is 11.5 Å². The number of rotatable bonds is 4. The molecule has 1 aliphatic rings. The normalized spacial score (nSPS) is 14.4. The minimum absolute atomic E-state index is 0.509. The van der Waals surface area contributed by atoms with Crippen LogP contribution in [0.3, 0.4) is 0 Å². The summed E-state index contributed by atoms with van der Waals surface area (Å²) in [7, 11) is 3.23. The Morgan fingerprint density at radius 3 is 2.74 bits per heavy atom. The molecule has 0 aliphatic heterocycles. The molecule has 1 aromatic carbocycles. The lowest BCUT2D eigenvalue weighted by atomic mass is 10.1. The fraction of sp³-hybridized carbons (Fsp3) is 0.357. The van der Waals surface area contributed by atoms with Gasteiger partial charge in [-0.05, 0) is 18.9 Å². The van der Waals surface area contributed by atoms with Gasteiger partial charge in [-0.3, -0.25) is 0 Å². The second kappa shape index (κ2) is 4.50. The summed E-state index contributed by atoms with van der Waals surface area (Å²) in [6.45, 7) is 0. The van der Waals surface area contributed by atoms with E-state index in [1.54, 1.807) is 26.5 Å². The molecule has 1 heterocycles. The molecule has 0 atom stereocenters. The summed E-state index contributed by atoms with van der Waals surface area (Å²) >= 11 is 0. The van der Waals surface area contributed by atoms with Crippen LogP contribution < -0.4 is 20.5 Å². The molecule has 100 valence electrons. The average molecular weight is 259 g/mol. The number of hydrogen-bond donors (Lipinski definition) is 2. The van der Waals surface area contributed by atoms with E-state index >= 15 is 0 Å². The number of nitrogen functional groups attached to an aromatic ring is 1. The number of benzene rings is 1. The van der Waals surface area contributed by atoms with Gasteiger partial charge < -0.3 is 20.5 Å². The SMILES string of the molecule is COc1cc(N)c2ccnc(NC3CC3)c2c1OC. The number of nitrogens with one attached hydrogen (secondary N) is 1. The van der Waals surface area contributed by atoms with Crippen molar-refractivity contribution in [3.8, 4) is 11.5 Å². The Hall–Kier alpha value is -2.17. The third-order valence-corrected chi connectivity index (χ3v) is 3.34. The average Bonchev–Trinajstić information content (AvgIpc) is 3.23. The van der Waals surface area contributed by atoms with Crippen molar-refractivity contribution in [3.05, 3.63) is 18.3 Å². The number of anilines is 2. The van der Waals surface area contributed by atoms with Crippen LogP contribution in [0.15, 0.2) is 18.3 Å². The van der Waals surface area contributed by atoms with Crippen molar-refractivity contribution in [1.82, 2.24) is 4.98 Å². The molecule has 0 spiro atoms. The van der Waals surface area contributed by atoms with E-state index in [0.717, 1.165) is 16.6 Å². The van der Waals surface area contributed by atoms with Crippen molar-refractivity contribution < 1.29 is 9.47 Å². The van der Waals surface area contributed by atoms with E-state index in [2.05, 4.69) is 10.3 Å². The number of fused-ring (bicyclic) bond motifs is 1. The third kappa shape index (κ3) is 2.01. The Morgan fingerprint density at radius 2 is 2.11 bits per heavy atom. The maximum atomic E-state index is 6.08. The van der Waals surface area contributed by atoms with E-state index in [1.807, 2.05) is 6.07 Å². The van der Waals surface area contributed by atoms with Crippen LogP contribution in [-0.4, -0.2) is 25.2 Å². The van der Waals surface area contributed by atoms with Gasteiger partial charge in [0.05, 0.1) is 19.6 Å². The van der Waals surface area contributed by atoms with Gasteiger partial charge in [0.2, 0.25) is 0 Å². The van der Waals surface area contributed by atoms with Gasteiger partial charge in [-0.2, -0.15) is 0 Å². The van der Waals surface area contributed by atoms with Gasteiger partial charge in [0.1, 0.15) is 5.82 Å². The maximum absolute atomic E-state index is 6.08. The van der Waals surface area contributed by atoms with Gasteiger partial charge in [-0.25, -0.2) is 4.98 Å². The molecule has 0 unspecified atom stereocenters. The van der Waals surface area contributed by atoms with Gasteiger partial charge in [0.25, 0.3) is 0 Å². The second-order valence-electron chi connectivity index (χ2n) is 4.70. The smallest absolute Gasteiger partial charge is 0.172 e. The first-order valence-electron chi connectivity index (χ1n) is 6.30. The molecule has 0 radical (unpaired) electrons. The zero-order valence-corrected chi connectivity index (χ0v) is 11.1. The monoisotopic (exact) mass is 259 g/mol. The highest BCUT2D eigenvalue weighted by Crippen LogP contribution is 2.42. The number of hydrogen-bond acceptors (Lipinski definition) is 5. The molecule has 1 aliphatic carbocycles. The Balaban J connectivity index is 2.27. The van der Waals surface area contributed by atoms with Crippen LogP contribution >= 0.6 is 0 Å². The predicted octanol–water partition coefficient (Wildman–Crippen LogP) is 2.41. The van der Waals surface area contributed by atoms with Gasteiger partial charge >= 0.3 is 0 Å². The first-order chi connectivity index (χ1) is 9.24. The van der Waals surface area contributed by atoms with Crippen molar-refractivity contribution >= 4 is 22.3 Å². The van der Waals surface area contributed by atoms with E-state index < -0.39 is 0 Å². The zero-order chi connectivity index (χ0) is 13.4. The van der Waals surface area contributed by atoms with Crippen molar-refractivity contribution in [2.45, 2.75) is 18.9 Å². The molecule has 0 saturated heterocycles. The Bertz CT molecular complexity index is 624. The number of nitrogens with zero attached hydrogens (tertiary/aromatic N) is 1. The highest BCUT2D eigenvalue weighted by Gasteiger charge is 2.24. The minimum Gasteiger partial charge on any atom is -0.493 e. The van der Waals surface area contributed by atoms with Crippen LogP contribution in [-0.2, 0) is 0 Å². The van der Waals surface area contributed by atoms with Gasteiger partial charge in [-0.1, -0.05) is 0 Å². The summed E-state index contributed by atoms with van der Waals surface area (Å²) in [6, 6.07) is 4.18. The van der Waals surface area contributed by atoms with Crippen LogP contribution in [0.2, 0.25) is 0 Å². The largest absolute Gasteiger partial charge is 0.493 e. The van der Waals surface area contributed by atoms with Gasteiger partial charge in [0, 0.05) is 29.4 Å². The molecule has 3 rings (SSSR count). The molecule has 1 fully saturated rings. The molecule has 2 aromatic rings. The molecular formula is C14H17N3O2. The number of aromatic nitrogens is 1. The third-order valence-electron chi connectivity index (χ3n) is 3.34. The molecule has 19 heavy (non-hydrogen) atoms. The first kappa shape index (κ1) is 11.9. The predicted molar refractivity (Wildman–Crippen MR) is 75.9 cm³/mol. The fourth-order valence-corrected chi connectivity index (χ4v) is 2.22. The topological polar surface area (TPSA) is 69.4 Å². The van der Waals surface area contributed by atoms with Crippen molar-refractivity contribution in [2.75, 3.05) is 25.3 Å². The van der Waals surface area contributed by atoms with E-state index in [-0.39, 0.29) is 0 Å². The summed E-state index contributed by atoms with van der Waals surface area (Å²) < 4.78 is 10.8. The fourth-order valence-electron chi connectivity index (χ4n) is 2.22. The van der Waals surface area contributed by atoms with Crippen LogP contribution in [0.25, 0.3) is 10.8 Å². The molecule has 5 nitrogen and oxygen atoms in total. The molecule has 0 amide bonds. The highest BCUT2D eigenvalue weighted by molar-refractivity contribution is 6.05. The lowest BCUT2D eigenvalue weighted by molar-refractivity contribution is 0.359. The number of ether oxygens (including phenoxy) is 2. The molecule has 5 heteroatoms. The maximum Gasteiger partial charge on any atom is 0.172 e. The summed E-state index contributed by atoms with van der Waals surface area (Å²) in [5, 5.41) is 5.22. The quantitative estimate of drug-likeness (QED) is 0.825. The summed E-state index contributed by atoms with van der Waals surface area (Å²) in [5.41, 5.74) is 6.74. The number of methoxy groups -OCH3 is 2. The molecule has 0 bridgehead atoms. The number of pyridine rings is 1. The van der Waals surface area contributed by atoms with Crippen LogP contribution in [0.5, 0.6) is 11.5 Å². The summed E-state index contributed by atoms with van der Waals surface area (Å²) in [6.07, 6.45) is 4.12.